The van der Waals surface area contributed by atoms with Crippen LogP contribution in [-0.2, 0) is 30.6 Å². The first-order valence-corrected chi connectivity index (χ1v) is 14.6. The molecule has 1 amide bonds. The maximum absolute atomic E-state index is 14.6. The summed E-state index contributed by atoms with van der Waals surface area (Å²) in [6, 6.07) is 31.1. The predicted octanol–water partition coefficient (Wildman–Crippen LogP) is 6.57. The standard InChI is InChI=1S/C35H33ClN2O3/c1-23(37-18-17-25-10-4-5-14-30(25)33(37)31-15-6-7-16-32(31)36)34(39)38(22-24-9-8-13-28(19-24)35(40)41)29-20-26-11-2-3-12-27(26)21-29/h2-16,19,23,29,33H,17-18,20-22H2,1H3,(H,40,41)/t23-,33+/m0/s1. The molecule has 0 saturated carbocycles. The number of carboxylic acids is 1. The minimum Gasteiger partial charge on any atom is -0.478 e. The summed E-state index contributed by atoms with van der Waals surface area (Å²) in [4.78, 5) is 30.6. The van der Waals surface area contributed by atoms with Crippen LogP contribution in [-0.4, -0.2) is 45.4 Å². The van der Waals surface area contributed by atoms with Gasteiger partial charge in [-0.25, -0.2) is 4.79 Å². The first-order chi connectivity index (χ1) is 19.9. The third-order valence-electron chi connectivity index (χ3n) is 8.66. The zero-order valence-corrected chi connectivity index (χ0v) is 23.8. The normalized spacial score (nSPS) is 17.5. The van der Waals surface area contributed by atoms with E-state index in [1.165, 1.54) is 22.3 Å². The zero-order valence-electron chi connectivity index (χ0n) is 23.0. The minimum absolute atomic E-state index is 0.00771. The Morgan fingerprint density at radius 2 is 1.51 bits per heavy atom. The van der Waals surface area contributed by atoms with E-state index in [-0.39, 0.29) is 23.6 Å². The number of hydrogen-bond acceptors (Lipinski definition) is 3. The van der Waals surface area contributed by atoms with Gasteiger partial charge in [0.25, 0.3) is 0 Å². The fourth-order valence-electron chi connectivity index (χ4n) is 6.57. The molecule has 0 spiro atoms. The molecule has 0 bridgehead atoms. The third-order valence-corrected chi connectivity index (χ3v) is 9.00. The second-order valence-electron chi connectivity index (χ2n) is 11.1. The van der Waals surface area contributed by atoms with Gasteiger partial charge in [-0.15, -0.1) is 0 Å². The Morgan fingerprint density at radius 1 is 0.878 bits per heavy atom. The van der Waals surface area contributed by atoms with E-state index in [4.69, 9.17) is 11.6 Å². The molecule has 1 aliphatic carbocycles. The van der Waals surface area contributed by atoms with Gasteiger partial charge < -0.3 is 10.0 Å². The van der Waals surface area contributed by atoms with Crippen molar-refractivity contribution in [1.29, 1.82) is 0 Å². The van der Waals surface area contributed by atoms with Crippen LogP contribution in [0.3, 0.4) is 0 Å². The topological polar surface area (TPSA) is 60.9 Å². The lowest BCUT2D eigenvalue weighted by Crippen LogP contribution is -2.53. The Bertz CT molecular complexity index is 1580. The van der Waals surface area contributed by atoms with E-state index >= 15 is 0 Å². The largest absolute Gasteiger partial charge is 0.478 e. The van der Waals surface area contributed by atoms with Crippen molar-refractivity contribution in [2.45, 2.75) is 50.9 Å². The van der Waals surface area contributed by atoms with Crippen molar-refractivity contribution >= 4 is 23.5 Å². The van der Waals surface area contributed by atoms with Crippen molar-refractivity contribution in [2.75, 3.05) is 6.54 Å². The quantitative estimate of drug-likeness (QED) is 0.276. The molecule has 0 saturated heterocycles. The summed E-state index contributed by atoms with van der Waals surface area (Å²) in [5.41, 5.74) is 7.03. The van der Waals surface area contributed by atoms with Crippen LogP contribution in [0.2, 0.25) is 5.02 Å². The number of aromatic carboxylic acids is 1. The Hall–Kier alpha value is -3.93. The van der Waals surface area contributed by atoms with Crippen LogP contribution in [0.5, 0.6) is 0 Å². The van der Waals surface area contributed by atoms with Gasteiger partial charge in [0.2, 0.25) is 5.91 Å². The molecule has 0 unspecified atom stereocenters. The number of hydrogen-bond donors (Lipinski definition) is 1. The second-order valence-corrected chi connectivity index (χ2v) is 11.5. The van der Waals surface area contributed by atoms with Crippen molar-refractivity contribution in [1.82, 2.24) is 9.80 Å². The van der Waals surface area contributed by atoms with Crippen molar-refractivity contribution in [3.8, 4) is 0 Å². The van der Waals surface area contributed by atoms with Gasteiger partial charge in [0.15, 0.2) is 0 Å². The molecule has 41 heavy (non-hydrogen) atoms. The van der Waals surface area contributed by atoms with E-state index in [1.807, 2.05) is 48.2 Å². The van der Waals surface area contributed by atoms with Gasteiger partial charge in [0.1, 0.15) is 0 Å². The van der Waals surface area contributed by atoms with Crippen LogP contribution in [0.25, 0.3) is 0 Å². The molecule has 1 heterocycles. The lowest BCUT2D eigenvalue weighted by atomic mass is 9.87. The first-order valence-electron chi connectivity index (χ1n) is 14.2. The number of halogens is 1. The number of amides is 1. The fraction of sp³-hybridized carbons (Fsp3) is 0.257. The number of carboxylic acid groups (broad SMARTS) is 1. The van der Waals surface area contributed by atoms with Gasteiger partial charge in [-0.2, -0.15) is 0 Å². The molecular weight excluding hydrogens is 532 g/mol. The van der Waals surface area contributed by atoms with E-state index in [2.05, 4.69) is 47.4 Å². The fourth-order valence-corrected chi connectivity index (χ4v) is 6.81. The predicted molar refractivity (Wildman–Crippen MR) is 161 cm³/mol. The summed E-state index contributed by atoms with van der Waals surface area (Å²) in [7, 11) is 0. The number of nitrogens with zero attached hydrogens (tertiary/aromatic N) is 2. The monoisotopic (exact) mass is 564 g/mol. The Balaban J connectivity index is 1.36. The highest BCUT2D eigenvalue weighted by Gasteiger charge is 2.39. The lowest BCUT2D eigenvalue weighted by molar-refractivity contribution is -0.140. The van der Waals surface area contributed by atoms with E-state index in [1.54, 1.807) is 18.2 Å². The third kappa shape index (κ3) is 5.40. The molecule has 5 nitrogen and oxygen atoms in total. The summed E-state index contributed by atoms with van der Waals surface area (Å²) >= 11 is 6.77. The molecule has 0 radical (unpaired) electrons. The van der Waals surface area contributed by atoms with Crippen LogP contribution in [0.1, 0.15) is 56.7 Å². The van der Waals surface area contributed by atoms with Gasteiger partial charge in [-0.05, 0) is 77.8 Å². The van der Waals surface area contributed by atoms with Gasteiger partial charge >= 0.3 is 5.97 Å². The van der Waals surface area contributed by atoms with E-state index < -0.39 is 12.0 Å². The Labute approximate surface area is 246 Å². The molecule has 1 aliphatic heterocycles. The highest BCUT2D eigenvalue weighted by Crippen LogP contribution is 2.40. The van der Waals surface area contributed by atoms with Gasteiger partial charge in [0, 0.05) is 24.2 Å². The number of carbonyl (C=O) groups excluding carboxylic acids is 1. The highest BCUT2D eigenvalue weighted by atomic mass is 35.5. The van der Waals surface area contributed by atoms with Crippen molar-refractivity contribution in [3.05, 3.63) is 141 Å². The summed E-state index contributed by atoms with van der Waals surface area (Å²) in [6.07, 6.45) is 2.42. The average molecular weight is 565 g/mol. The van der Waals surface area contributed by atoms with Crippen LogP contribution in [0.4, 0.5) is 0 Å². The molecule has 0 aromatic heterocycles. The summed E-state index contributed by atoms with van der Waals surface area (Å²) in [5.74, 6) is -0.930. The number of rotatable bonds is 7. The van der Waals surface area contributed by atoms with Gasteiger partial charge in [-0.3, -0.25) is 9.69 Å². The SMILES string of the molecule is C[C@@H](C(=O)N(Cc1cccc(C(=O)O)c1)C1Cc2ccccc2C1)N1CCc2ccccc2[C@@H]1c1ccccc1Cl. The second kappa shape index (κ2) is 11.5. The van der Waals surface area contributed by atoms with Crippen molar-refractivity contribution in [3.63, 3.8) is 0 Å². The Morgan fingerprint density at radius 3 is 2.20 bits per heavy atom. The molecule has 1 N–H and O–H groups in total. The van der Waals surface area contributed by atoms with E-state index in [9.17, 15) is 14.7 Å². The zero-order chi connectivity index (χ0) is 28.5. The smallest absolute Gasteiger partial charge is 0.335 e. The van der Waals surface area contributed by atoms with Gasteiger partial charge in [0.05, 0.1) is 17.6 Å². The van der Waals surface area contributed by atoms with Crippen molar-refractivity contribution in [2.24, 2.45) is 0 Å². The summed E-state index contributed by atoms with van der Waals surface area (Å²) in [6.45, 7) is 3.08. The molecule has 4 aromatic rings. The number of carbonyl (C=O) groups is 2. The van der Waals surface area contributed by atoms with Crippen LogP contribution < -0.4 is 0 Å². The van der Waals surface area contributed by atoms with E-state index in [0.29, 0.717) is 11.6 Å². The maximum atomic E-state index is 14.6. The summed E-state index contributed by atoms with van der Waals surface area (Å²) in [5, 5.41) is 10.3. The number of benzene rings is 4. The molecule has 2 atom stereocenters. The van der Waals surface area contributed by atoms with Crippen LogP contribution in [0.15, 0.2) is 97.1 Å². The number of fused-ring (bicyclic) bond motifs is 2. The highest BCUT2D eigenvalue weighted by molar-refractivity contribution is 6.31. The van der Waals surface area contributed by atoms with Crippen LogP contribution in [0, 0.1) is 0 Å². The molecule has 6 heteroatoms. The van der Waals surface area contributed by atoms with Crippen LogP contribution >= 0.6 is 11.6 Å². The molecule has 0 fully saturated rings. The molecule has 208 valence electrons. The lowest BCUT2D eigenvalue weighted by Gasteiger charge is -2.43. The molecule has 4 aromatic carbocycles. The van der Waals surface area contributed by atoms with Gasteiger partial charge in [-0.1, -0.05) is 90.5 Å². The first kappa shape index (κ1) is 27.3. The molecule has 2 aliphatic rings. The minimum atomic E-state index is -0.971. The average Bonchev–Trinajstić information content (AvgIpc) is 3.43. The van der Waals surface area contributed by atoms with Crippen molar-refractivity contribution < 1.29 is 14.7 Å². The Kier molecular flexibility index (Phi) is 7.65. The maximum Gasteiger partial charge on any atom is 0.335 e. The molecule has 6 rings (SSSR count). The van der Waals surface area contributed by atoms with E-state index in [0.717, 1.165) is 36.9 Å². The summed E-state index contributed by atoms with van der Waals surface area (Å²) < 4.78 is 0. The molecular formula is C35H33ClN2O3.